The van der Waals surface area contributed by atoms with Crippen molar-refractivity contribution in [3.8, 4) is 5.75 Å². The van der Waals surface area contributed by atoms with Gasteiger partial charge >= 0.3 is 0 Å². The molecule has 5 nitrogen and oxygen atoms in total. The molecule has 2 rings (SSSR count). The summed E-state index contributed by atoms with van der Waals surface area (Å²) in [6.45, 7) is 2.76. The van der Waals surface area contributed by atoms with E-state index in [1.807, 2.05) is 30.3 Å². The van der Waals surface area contributed by atoms with Crippen molar-refractivity contribution in [1.82, 2.24) is 10.6 Å². The van der Waals surface area contributed by atoms with E-state index in [-0.39, 0.29) is 17.5 Å². The van der Waals surface area contributed by atoms with Gasteiger partial charge in [-0.1, -0.05) is 43.7 Å². The second-order valence-electron chi connectivity index (χ2n) is 5.73. The average Bonchev–Trinajstić information content (AvgIpc) is 2.68. The number of amides is 2. The Morgan fingerprint density at radius 3 is 2.35 bits per heavy atom. The van der Waals surface area contributed by atoms with Gasteiger partial charge in [0.2, 0.25) is 0 Å². The Morgan fingerprint density at radius 2 is 1.73 bits per heavy atom. The van der Waals surface area contributed by atoms with E-state index < -0.39 is 0 Å². The van der Waals surface area contributed by atoms with E-state index >= 15 is 0 Å². The topological polar surface area (TPSA) is 67.4 Å². The smallest absolute Gasteiger partial charge is 0.267 e. The van der Waals surface area contributed by atoms with Crippen LogP contribution in [0, 0.1) is 0 Å². The molecule has 0 unspecified atom stereocenters. The Bertz CT molecular complexity index is 753. The van der Waals surface area contributed by atoms with E-state index in [1.54, 1.807) is 30.3 Å². The standard InChI is InChI=1S/C21H24N2O3/c1-3-4-14-26-18-12-10-17(11-13-18)20(24)23-19(21(25)22-2)15-16-8-6-5-7-9-16/h5-13,15H,3-4,14H2,1-2H3,(H,22,25)(H,23,24). The molecule has 0 aromatic heterocycles. The third-order valence-electron chi connectivity index (χ3n) is 3.71. The van der Waals surface area contributed by atoms with Gasteiger partial charge in [0.15, 0.2) is 0 Å². The number of nitrogens with one attached hydrogen (secondary N) is 2. The molecule has 0 saturated heterocycles. The second kappa shape index (κ2) is 10.0. The van der Waals surface area contributed by atoms with Crippen LogP contribution in [0.2, 0.25) is 0 Å². The minimum absolute atomic E-state index is 0.187. The molecule has 0 aliphatic carbocycles. The van der Waals surface area contributed by atoms with E-state index in [4.69, 9.17) is 4.74 Å². The lowest BCUT2D eigenvalue weighted by atomic mass is 10.1. The Kier molecular flexibility index (Phi) is 7.43. The third-order valence-corrected chi connectivity index (χ3v) is 3.71. The van der Waals surface area contributed by atoms with E-state index in [1.165, 1.54) is 7.05 Å². The van der Waals surface area contributed by atoms with Gasteiger partial charge in [0.05, 0.1) is 6.61 Å². The van der Waals surface area contributed by atoms with E-state index in [2.05, 4.69) is 17.6 Å². The summed E-state index contributed by atoms with van der Waals surface area (Å²) in [5.74, 6) is 0.0129. The molecule has 0 aliphatic heterocycles. The van der Waals surface area contributed by atoms with Gasteiger partial charge in [0, 0.05) is 12.6 Å². The first kappa shape index (κ1) is 19.2. The molecular weight excluding hydrogens is 328 g/mol. The van der Waals surface area contributed by atoms with Crippen molar-refractivity contribution in [3.63, 3.8) is 0 Å². The van der Waals surface area contributed by atoms with Gasteiger partial charge in [-0.3, -0.25) is 9.59 Å². The maximum atomic E-state index is 12.5. The first-order chi connectivity index (χ1) is 12.6. The summed E-state index contributed by atoms with van der Waals surface area (Å²) in [4.78, 5) is 24.5. The number of likely N-dealkylation sites (N-methyl/N-ethyl adjacent to an activating group) is 1. The summed E-state index contributed by atoms with van der Waals surface area (Å²) in [5, 5.41) is 5.21. The molecule has 2 amide bonds. The van der Waals surface area contributed by atoms with E-state index in [0.717, 1.165) is 24.2 Å². The monoisotopic (exact) mass is 352 g/mol. The van der Waals surface area contributed by atoms with Gasteiger partial charge in [-0.25, -0.2) is 0 Å². The molecule has 2 aromatic carbocycles. The molecule has 26 heavy (non-hydrogen) atoms. The van der Waals surface area contributed by atoms with Crippen LogP contribution in [0.5, 0.6) is 5.75 Å². The summed E-state index contributed by atoms with van der Waals surface area (Å²) in [7, 11) is 1.52. The molecule has 0 aliphatic rings. The quantitative estimate of drug-likeness (QED) is 0.565. The van der Waals surface area contributed by atoms with Gasteiger partial charge < -0.3 is 15.4 Å². The Morgan fingerprint density at radius 1 is 1.04 bits per heavy atom. The van der Waals surface area contributed by atoms with Crippen molar-refractivity contribution < 1.29 is 14.3 Å². The molecule has 0 spiro atoms. The maximum absolute atomic E-state index is 12.5. The Hall–Kier alpha value is -3.08. The Labute approximate surface area is 154 Å². The van der Waals surface area contributed by atoms with Crippen LogP contribution < -0.4 is 15.4 Å². The largest absolute Gasteiger partial charge is 0.494 e. The van der Waals surface area contributed by atoms with Crippen LogP contribution in [-0.2, 0) is 4.79 Å². The van der Waals surface area contributed by atoms with Crippen LogP contribution in [0.15, 0.2) is 60.3 Å². The van der Waals surface area contributed by atoms with Crippen LogP contribution in [0.25, 0.3) is 6.08 Å². The molecule has 0 bridgehead atoms. The van der Waals surface area contributed by atoms with Crippen molar-refractivity contribution in [2.24, 2.45) is 0 Å². The van der Waals surface area contributed by atoms with Crippen molar-refractivity contribution >= 4 is 17.9 Å². The summed E-state index contributed by atoms with van der Waals surface area (Å²) >= 11 is 0. The summed E-state index contributed by atoms with van der Waals surface area (Å²) < 4.78 is 5.59. The number of unbranched alkanes of at least 4 members (excludes halogenated alkanes) is 1. The molecule has 0 fully saturated rings. The Balaban J connectivity index is 2.09. The van der Waals surface area contributed by atoms with Crippen molar-refractivity contribution in [3.05, 3.63) is 71.4 Å². The zero-order valence-electron chi connectivity index (χ0n) is 15.1. The first-order valence-electron chi connectivity index (χ1n) is 8.67. The SMILES string of the molecule is CCCCOc1ccc(C(=O)NC(=Cc2ccccc2)C(=O)NC)cc1. The van der Waals surface area contributed by atoms with Crippen molar-refractivity contribution in [1.29, 1.82) is 0 Å². The van der Waals surface area contributed by atoms with Crippen LogP contribution in [0.1, 0.15) is 35.7 Å². The van der Waals surface area contributed by atoms with Crippen molar-refractivity contribution in [2.45, 2.75) is 19.8 Å². The van der Waals surface area contributed by atoms with Crippen LogP contribution in [0.4, 0.5) is 0 Å². The molecule has 2 N–H and O–H groups in total. The predicted molar refractivity (Wildman–Crippen MR) is 103 cm³/mol. The molecule has 0 saturated carbocycles. The minimum Gasteiger partial charge on any atom is -0.494 e. The molecule has 5 heteroatoms. The van der Waals surface area contributed by atoms with Crippen LogP contribution in [-0.4, -0.2) is 25.5 Å². The molecule has 2 aromatic rings. The zero-order valence-corrected chi connectivity index (χ0v) is 15.1. The number of carbonyl (C=O) groups excluding carboxylic acids is 2. The molecule has 0 radical (unpaired) electrons. The van der Waals surface area contributed by atoms with E-state index in [0.29, 0.717) is 12.2 Å². The number of rotatable bonds is 8. The lowest BCUT2D eigenvalue weighted by Gasteiger charge is -2.10. The lowest BCUT2D eigenvalue weighted by molar-refractivity contribution is -0.117. The third kappa shape index (κ3) is 5.77. The number of ether oxygens (including phenoxy) is 1. The highest BCUT2D eigenvalue weighted by Gasteiger charge is 2.13. The minimum atomic E-state index is -0.360. The van der Waals surface area contributed by atoms with Gasteiger partial charge in [-0.15, -0.1) is 0 Å². The normalized spacial score (nSPS) is 10.9. The summed E-state index contributed by atoms with van der Waals surface area (Å²) in [6, 6.07) is 16.2. The lowest BCUT2D eigenvalue weighted by Crippen LogP contribution is -2.33. The molecule has 0 atom stereocenters. The fraction of sp³-hybridized carbons (Fsp3) is 0.238. The molecule has 0 heterocycles. The maximum Gasteiger partial charge on any atom is 0.267 e. The van der Waals surface area contributed by atoms with Gasteiger partial charge in [0.25, 0.3) is 11.8 Å². The number of benzene rings is 2. The average molecular weight is 352 g/mol. The fourth-order valence-corrected chi connectivity index (χ4v) is 2.24. The summed E-state index contributed by atoms with van der Waals surface area (Å²) in [6.07, 6.45) is 3.69. The molecular formula is C21H24N2O3. The van der Waals surface area contributed by atoms with Crippen LogP contribution in [0.3, 0.4) is 0 Å². The van der Waals surface area contributed by atoms with Gasteiger partial charge in [-0.2, -0.15) is 0 Å². The van der Waals surface area contributed by atoms with Gasteiger partial charge in [-0.05, 0) is 42.3 Å². The number of carbonyl (C=O) groups is 2. The van der Waals surface area contributed by atoms with Crippen molar-refractivity contribution in [2.75, 3.05) is 13.7 Å². The number of hydrogen-bond acceptors (Lipinski definition) is 3. The number of hydrogen-bond donors (Lipinski definition) is 2. The summed E-state index contributed by atoms with van der Waals surface area (Å²) in [5.41, 5.74) is 1.47. The molecule has 136 valence electrons. The fourth-order valence-electron chi connectivity index (χ4n) is 2.24. The van der Waals surface area contributed by atoms with E-state index in [9.17, 15) is 9.59 Å². The highest BCUT2D eigenvalue weighted by Crippen LogP contribution is 2.13. The first-order valence-corrected chi connectivity index (χ1v) is 8.67. The second-order valence-corrected chi connectivity index (χ2v) is 5.73. The highest BCUT2D eigenvalue weighted by atomic mass is 16.5. The predicted octanol–water partition coefficient (Wildman–Crippen LogP) is 3.38. The zero-order chi connectivity index (χ0) is 18.8. The van der Waals surface area contributed by atoms with Crippen LogP contribution >= 0.6 is 0 Å². The van der Waals surface area contributed by atoms with Gasteiger partial charge in [0.1, 0.15) is 11.4 Å². The highest BCUT2D eigenvalue weighted by molar-refractivity contribution is 6.05.